The first-order valence-electron chi connectivity index (χ1n) is 2.91. The van der Waals surface area contributed by atoms with E-state index < -0.39 is 0 Å². The molecule has 46 valence electrons. The van der Waals surface area contributed by atoms with Crippen LogP contribution in [0.25, 0.3) is 0 Å². The zero-order valence-corrected chi connectivity index (χ0v) is 8.10. The van der Waals surface area contributed by atoms with E-state index in [2.05, 4.69) is 33.9 Å². The second-order valence-electron chi connectivity index (χ2n) is 1.74. The van der Waals surface area contributed by atoms with Gasteiger partial charge in [0.25, 0.3) is 0 Å². The van der Waals surface area contributed by atoms with Gasteiger partial charge in [-0.05, 0) is 0 Å². The summed E-state index contributed by atoms with van der Waals surface area (Å²) in [6.07, 6.45) is 6.28. The van der Waals surface area contributed by atoms with Gasteiger partial charge in [0.05, 0.1) is 0 Å². The molecule has 1 rings (SSSR count). The van der Waals surface area contributed by atoms with Crippen molar-refractivity contribution < 1.29 is 0 Å². The van der Waals surface area contributed by atoms with Crippen LogP contribution in [0.3, 0.4) is 0 Å². The molecule has 1 nitrogen and oxygen atoms in total. The number of hydrogen-bond donors (Lipinski definition) is 0. The van der Waals surface area contributed by atoms with Gasteiger partial charge in [0, 0.05) is 0 Å². The van der Waals surface area contributed by atoms with Crippen LogP contribution in [-0.4, -0.2) is 24.2 Å². The third-order valence-electron chi connectivity index (χ3n) is 1.02. The van der Waals surface area contributed by atoms with Crippen molar-refractivity contribution in [3.63, 3.8) is 0 Å². The molecular weight excluding hydrogens is 217 g/mol. The molecule has 0 fully saturated rings. The van der Waals surface area contributed by atoms with E-state index >= 15 is 0 Å². The fraction of sp³-hybridized carbons (Fsp3) is 0.143. The van der Waals surface area contributed by atoms with Gasteiger partial charge in [0.1, 0.15) is 0 Å². The summed E-state index contributed by atoms with van der Waals surface area (Å²) in [7, 11) is 0. The van der Waals surface area contributed by atoms with E-state index in [0.29, 0.717) is 0 Å². The Bertz CT molecular complexity index is 167. The van der Waals surface area contributed by atoms with E-state index in [1.54, 1.807) is 0 Å². The summed E-state index contributed by atoms with van der Waals surface area (Å²) in [5, 5.41) is 0. The molecule has 1 aromatic heterocycles. The molecule has 0 saturated heterocycles. The molecular formula is C7H9NSn. The monoisotopic (exact) mass is 227 g/mol. The van der Waals surface area contributed by atoms with Gasteiger partial charge < -0.3 is 0 Å². The van der Waals surface area contributed by atoms with Crippen molar-refractivity contribution in [1.82, 2.24) is 2.79 Å². The van der Waals surface area contributed by atoms with Crippen LogP contribution in [-0.2, 0) is 0 Å². The van der Waals surface area contributed by atoms with Gasteiger partial charge in [-0.15, -0.1) is 0 Å². The first-order valence-corrected chi connectivity index (χ1v) is 6.20. The molecule has 1 aromatic rings. The van der Waals surface area contributed by atoms with E-state index in [0.717, 1.165) is 0 Å². The van der Waals surface area contributed by atoms with Gasteiger partial charge in [0.15, 0.2) is 0 Å². The maximum absolute atomic E-state index is 3.69. The summed E-state index contributed by atoms with van der Waals surface area (Å²) in [5.41, 5.74) is 0. The van der Waals surface area contributed by atoms with E-state index in [4.69, 9.17) is 0 Å². The normalized spacial score (nSPS) is 9.33. The summed E-state index contributed by atoms with van der Waals surface area (Å²) in [5.74, 6) is 0. The Kier molecular flexibility index (Phi) is 2.90. The summed E-state index contributed by atoms with van der Waals surface area (Å²) < 4.78 is 3.53. The van der Waals surface area contributed by atoms with Crippen molar-refractivity contribution in [3.05, 3.63) is 37.2 Å². The van der Waals surface area contributed by atoms with Crippen LogP contribution in [0.1, 0.15) is 0 Å². The van der Waals surface area contributed by atoms with E-state index in [-0.39, 0.29) is 21.4 Å². The molecule has 0 aromatic carbocycles. The molecule has 0 bridgehead atoms. The van der Waals surface area contributed by atoms with Gasteiger partial charge in [-0.2, -0.15) is 0 Å². The van der Waals surface area contributed by atoms with Gasteiger partial charge in [-0.1, -0.05) is 0 Å². The maximum atomic E-state index is 3.69. The van der Waals surface area contributed by atoms with Gasteiger partial charge >= 0.3 is 65.8 Å². The van der Waals surface area contributed by atoms with Crippen LogP contribution in [0.5, 0.6) is 0 Å². The Morgan fingerprint density at radius 2 is 2.11 bits per heavy atom. The van der Waals surface area contributed by atoms with Crippen molar-refractivity contribution in [1.29, 1.82) is 0 Å². The van der Waals surface area contributed by atoms with Crippen molar-refractivity contribution in [2.75, 3.05) is 0 Å². The molecule has 0 N–H and O–H groups in total. The number of aromatic nitrogens is 1. The average Bonchev–Trinajstić information content (AvgIpc) is 2.34. The first-order chi connectivity index (χ1) is 4.43. The van der Waals surface area contributed by atoms with Crippen LogP contribution >= 0.6 is 0 Å². The van der Waals surface area contributed by atoms with Crippen LogP contribution in [0.2, 0.25) is 4.44 Å². The van der Waals surface area contributed by atoms with E-state index in [9.17, 15) is 0 Å². The first kappa shape index (κ1) is 6.93. The minimum atomic E-state index is -0.322. The predicted molar refractivity (Wildman–Crippen MR) is 40.6 cm³/mol. The standard InChI is InChI=1S/C4H4N.C3H5.Sn/c1-2-4-5-3-1;1-3-2;/h1-4H;3H,1-2H2;/q-1;;+1. The molecule has 0 saturated carbocycles. The van der Waals surface area contributed by atoms with Crippen LogP contribution in [0.15, 0.2) is 37.2 Å². The Hall–Kier alpha value is -0.181. The predicted octanol–water partition coefficient (Wildman–Crippen LogP) is 1.56. The Balaban J connectivity index is 2.38. The number of rotatable bonds is 3. The van der Waals surface area contributed by atoms with Crippen LogP contribution in [0, 0.1) is 0 Å². The Morgan fingerprint density at radius 3 is 2.67 bits per heavy atom. The molecule has 2 heteroatoms. The number of allylic oxidation sites excluding steroid dienone is 1. The molecule has 0 atom stereocenters. The molecule has 0 aliphatic carbocycles. The van der Waals surface area contributed by atoms with Gasteiger partial charge in [-0.3, -0.25) is 0 Å². The number of nitrogens with zero attached hydrogens (tertiary/aromatic N) is 1. The minimum absolute atomic E-state index is 0.322. The summed E-state index contributed by atoms with van der Waals surface area (Å²) in [4.78, 5) is 0. The Labute approximate surface area is 66.0 Å². The molecule has 0 unspecified atom stereocenters. The van der Waals surface area contributed by atoms with Crippen molar-refractivity contribution in [2.45, 2.75) is 4.44 Å². The molecule has 1 heterocycles. The van der Waals surface area contributed by atoms with Gasteiger partial charge in [-0.25, -0.2) is 0 Å². The van der Waals surface area contributed by atoms with E-state index in [1.165, 1.54) is 4.44 Å². The molecule has 2 radical (unpaired) electrons. The molecule has 0 amide bonds. The quantitative estimate of drug-likeness (QED) is 0.544. The zero-order valence-electron chi connectivity index (χ0n) is 5.25. The zero-order chi connectivity index (χ0) is 6.53. The van der Waals surface area contributed by atoms with E-state index in [1.807, 2.05) is 6.08 Å². The second-order valence-corrected chi connectivity index (χ2v) is 5.28. The summed E-state index contributed by atoms with van der Waals surface area (Å²) in [6.45, 7) is 3.69. The average molecular weight is 226 g/mol. The summed E-state index contributed by atoms with van der Waals surface area (Å²) in [6, 6.07) is 4.15. The second kappa shape index (κ2) is 3.77. The van der Waals surface area contributed by atoms with Crippen molar-refractivity contribution in [2.24, 2.45) is 0 Å². The Morgan fingerprint density at radius 1 is 1.44 bits per heavy atom. The topological polar surface area (TPSA) is 4.93 Å². The fourth-order valence-corrected chi connectivity index (χ4v) is 2.67. The molecule has 0 spiro atoms. The van der Waals surface area contributed by atoms with Crippen molar-refractivity contribution in [3.8, 4) is 0 Å². The summed E-state index contributed by atoms with van der Waals surface area (Å²) >= 11 is -0.322. The molecule has 0 aliphatic heterocycles. The molecule has 9 heavy (non-hydrogen) atoms. The SMILES string of the molecule is C=C[CH2][Sn][n]1cccc1. The third-order valence-corrected chi connectivity index (χ3v) is 4.26. The third kappa shape index (κ3) is 2.26. The van der Waals surface area contributed by atoms with Crippen LogP contribution < -0.4 is 0 Å². The van der Waals surface area contributed by atoms with Crippen molar-refractivity contribution >= 4 is 21.4 Å². The van der Waals surface area contributed by atoms with Gasteiger partial charge in [0.2, 0.25) is 0 Å². The number of hydrogen-bond acceptors (Lipinski definition) is 0. The fourth-order valence-electron chi connectivity index (χ4n) is 0.610. The molecule has 0 aliphatic rings. The van der Waals surface area contributed by atoms with Crippen LogP contribution in [0.4, 0.5) is 0 Å².